The van der Waals surface area contributed by atoms with E-state index in [1.54, 1.807) is 24.3 Å². The lowest BCUT2D eigenvalue weighted by Crippen LogP contribution is -2.20. The van der Waals surface area contributed by atoms with Gasteiger partial charge >= 0.3 is 5.97 Å². The Bertz CT molecular complexity index is 294. The summed E-state index contributed by atoms with van der Waals surface area (Å²) >= 11 is 0. The van der Waals surface area contributed by atoms with Gasteiger partial charge < -0.3 is 16.2 Å². The molecule has 0 unspecified atom stereocenters. The summed E-state index contributed by atoms with van der Waals surface area (Å²) in [4.78, 5) is 10.8. The molecule has 0 aromatic heterocycles. The second kappa shape index (κ2) is 6.47. The van der Waals surface area contributed by atoms with Crippen LogP contribution in [0.25, 0.3) is 0 Å². The zero-order valence-electron chi connectivity index (χ0n) is 7.86. The predicted octanol–water partition coefficient (Wildman–Crippen LogP) is 0.312. The lowest BCUT2D eigenvalue weighted by Gasteiger charge is -1.95. The van der Waals surface area contributed by atoms with Gasteiger partial charge in [-0.3, -0.25) is 5.41 Å². The van der Waals surface area contributed by atoms with Crippen molar-refractivity contribution in [3.8, 4) is 0 Å². The smallest absolute Gasteiger partial charge is 0.337 e. The molecule has 14 heavy (non-hydrogen) atoms. The van der Waals surface area contributed by atoms with Crippen molar-refractivity contribution in [3.05, 3.63) is 35.9 Å². The molecule has 76 valence electrons. The van der Waals surface area contributed by atoms with Gasteiger partial charge in [0.1, 0.15) is 0 Å². The number of hydrogen-bond acceptors (Lipinski definition) is 3. The molecule has 0 spiro atoms. The van der Waals surface area contributed by atoms with Crippen molar-refractivity contribution in [2.45, 2.75) is 0 Å². The average Bonchev–Trinajstić information content (AvgIpc) is 2.17. The molecule has 0 aliphatic rings. The fourth-order valence-corrected chi connectivity index (χ4v) is 0.692. The van der Waals surface area contributed by atoms with Gasteiger partial charge in [-0.05, 0) is 12.1 Å². The summed E-state index contributed by atoms with van der Waals surface area (Å²) in [7, 11) is 1.37. The third-order valence-electron chi connectivity index (χ3n) is 1.19. The number of carbonyl (C=O) groups excluding carboxylic acids is 1. The molecular formula is C9H13N3O2. The van der Waals surface area contributed by atoms with Crippen LogP contribution in [0.5, 0.6) is 0 Å². The molecule has 0 heterocycles. The molecule has 0 aliphatic carbocycles. The number of benzene rings is 1. The van der Waals surface area contributed by atoms with Gasteiger partial charge in [0.15, 0.2) is 5.96 Å². The Balaban J connectivity index is 0.000000364. The van der Waals surface area contributed by atoms with Crippen LogP contribution in [0.15, 0.2) is 30.3 Å². The Morgan fingerprint density at radius 2 is 1.71 bits per heavy atom. The summed E-state index contributed by atoms with van der Waals surface area (Å²) in [5, 5.41) is 6.06. The van der Waals surface area contributed by atoms with Gasteiger partial charge in [-0.2, -0.15) is 0 Å². The number of nitrogens with one attached hydrogen (secondary N) is 1. The van der Waals surface area contributed by atoms with Gasteiger partial charge in [0.05, 0.1) is 12.7 Å². The molecule has 0 bridgehead atoms. The van der Waals surface area contributed by atoms with Crippen LogP contribution in [0.4, 0.5) is 0 Å². The van der Waals surface area contributed by atoms with Gasteiger partial charge in [-0.15, -0.1) is 0 Å². The zero-order valence-corrected chi connectivity index (χ0v) is 7.86. The van der Waals surface area contributed by atoms with Crippen molar-refractivity contribution in [3.63, 3.8) is 0 Å². The first-order chi connectivity index (χ1) is 6.57. The molecular weight excluding hydrogens is 182 g/mol. The number of hydrogen-bond donors (Lipinski definition) is 3. The first kappa shape index (κ1) is 12.0. The quantitative estimate of drug-likeness (QED) is 0.341. The van der Waals surface area contributed by atoms with Gasteiger partial charge in [0.25, 0.3) is 0 Å². The fourth-order valence-electron chi connectivity index (χ4n) is 0.692. The zero-order chi connectivity index (χ0) is 11.0. The van der Waals surface area contributed by atoms with E-state index in [4.69, 9.17) is 5.41 Å². The largest absolute Gasteiger partial charge is 0.465 e. The van der Waals surface area contributed by atoms with Gasteiger partial charge in [0, 0.05) is 0 Å². The molecule has 0 saturated carbocycles. The maximum atomic E-state index is 10.8. The van der Waals surface area contributed by atoms with Gasteiger partial charge in [0.2, 0.25) is 0 Å². The van der Waals surface area contributed by atoms with Crippen molar-refractivity contribution < 1.29 is 9.53 Å². The highest BCUT2D eigenvalue weighted by atomic mass is 16.5. The van der Waals surface area contributed by atoms with Crippen LogP contribution in [0.1, 0.15) is 10.4 Å². The molecule has 5 nitrogen and oxygen atoms in total. The van der Waals surface area contributed by atoms with Crippen molar-refractivity contribution in [2.75, 3.05) is 7.11 Å². The number of ether oxygens (including phenoxy) is 1. The Morgan fingerprint density at radius 1 is 1.29 bits per heavy atom. The van der Waals surface area contributed by atoms with Crippen molar-refractivity contribution >= 4 is 11.9 Å². The van der Waals surface area contributed by atoms with Crippen LogP contribution in [-0.4, -0.2) is 19.0 Å². The minimum Gasteiger partial charge on any atom is -0.465 e. The van der Waals surface area contributed by atoms with E-state index in [-0.39, 0.29) is 11.9 Å². The fraction of sp³-hybridized carbons (Fsp3) is 0.111. The summed E-state index contributed by atoms with van der Waals surface area (Å²) in [5.74, 6) is -0.624. The monoisotopic (exact) mass is 195 g/mol. The average molecular weight is 195 g/mol. The highest BCUT2D eigenvalue weighted by molar-refractivity contribution is 5.89. The molecule has 1 aromatic rings. The van der Waals surface area contributed by atoms with Crippen LogP contribution in [-0.2, 0) is 4.74 Å². The van der Waals surface area contributed by atoms with Crippen molar-refractivity contribution in [2.24, 2.45) is 11.5 Å². The topological polar surface area (TPSA) is 102 Å². The highest BCUT2D eigenvalue weighted by Crippen LogP contribution is 1.98. The second-order valence-corrected chi connectivity index (χ2v) is 2.31. The van der Waals surface area contributed by atoms with Crippen molar-refractivity contribution in [1.29, 1.82) is 5.41 Å². The third kappa shape index (κ3) is 5.59. The maximum Gasteiger partial charge on any atom is 0.337 e. The van der Waals surface area contributed by atoms with E-state index in [2.05, 4.69) is 16.2 Å². The lowest BCUT2D eigenvalue weighted by atomic mass is 10.2. The Kier molecular flexibility index (Phi) is 5.53. The number of methoxy groups -OCH3 is 1. The van der Waals surface area contributed by atoms with Gasteiger partial charge in [-0.1, -0.05) is 18.2 Å². The number of rotatable bonds is 1. The summed E-state index contributed by atoms with van der Waals surface area (Å²) in [6.45, 7) is 0. The van der Waals surface area contributed by atoms with Crippen LogP contribution >= 0.6 is 0 Å². The van der Waals surface area contributed by atoms with Crippen molar-refractivity contribution in [1.82, 2.24) is 0 Å². The van der Waals surface area contributed by atoms with Crippen LogP contribution in [0.3, 0.4) is 0 Å². The van der Waals surface area contributed by atoms with Gasteiger partial charge in [-0.25, -0.2) is 4.79 Å². The van der Waals surface area contributed by atoms with Crippen LogP contribution in [0, 0.1) is 5.41 Å². The van der Waals surface area contributed by atoms with Crippen LogP contribution in [0.2, 0.25) is 0 Å². The van der Waals surface area contributed by atoms with E-state index in [9.17, 15) is 4.79 Å². The number of esters is 1. The van der Waals surface area contributed by atoms with E-state index >= 15 is 0 Å². The summed E-state index contributed by atoms with van der Waals surface area (Å²) < 4.78 is 4.50. The summed E-state index contributed by atoms with van der Waals surface area (Å²) in [5.41, 5.74) is 9.53. The standard InChI is InChI=1S/C8H8O2.CH5N3/c1-10-8(9)7-5-3-2-4-6-7;2-1(3)4/h2-6H,1H3;(H5,2,3,4). The second-order valence-electron chi connectivity index (χ2n) is 2.31. The summed E-state index contributed by atoms with van der Waals surface area (Å²) in [6.07, 6.45) is 0. The number of guanidine groups is 1. The molecule has 1 aromatic carbocycles. The maximum absolute atomic E-state index is 10.8. The van der Waals surface area contributed by atoms with Crippen LogP contribution < -0.4 is 11.5 Å². The first-order valence-electron chi connectivity index (χ1n) is 3.80. The SMILES string of the molecule is COC(=O)c1ccccc1.N=C(N)N. The molecule has 0 atom stereocenters. The summed E-state index contributed by atoms with van der Waals surface area (Å²) in [6, 6.07) is 8.88. The molecule has 0 fully saturated rings. The molecule has 0 amide bonds. The van der Waals surface area contributed by atoms with E-state index in [1.807, 2.05) is 6.07 Å². The minimum absolute atomic E-state index is 0.291. The van der Waals surface area contributed by atoms with E-state index in [0.717, 1.165) is 0 Å². The number of carbonyl (C=O) groups is 1. The van der Waals surface area contributed by atoms with E-state index in [1.165, 1.54) is 7.11 Å². The molecule has 0 saturated heterocycles. The van der Waals surface area contributed by atoms with E-state index in [0.29, 0.717) is 5.56 Å². The normalized spacial score (nSPS) is 8.07. The molecule has 0 radical (unpaired) electrons. The molecule has 1 rings (SSSR count). The Hall–Kier alpha value is -2.04. The van der Waals surface area contributed by atoms with E-state index < -0.39 is 0 Å². The predicted molar refractivity (Wildman–Crippen MR) is 53.9 cm³/mol. The number of nitrogens with two attached hydrogens (primary N) is 2. The molecule has 5 N–H and O–H groups in total. The Morgan fingerprint density at radius 3 is 2.07 bits per heavy atom. The highest BCUT2D eigenvalue weighted by Gasteiger charge is 2.00. The minimum atomic E-state index is -0.333. The third-order valence-corrected chi connectivity index (χ3v) is 1.19. The molecule has 5 heteroatoms. The first-order valence-corrected chi connectivity index (χ1v) is 3.80. The Labute approximate surface area is 82.2 Å². The molecule has 0 aliphatic heterocycles. The lowest BCUT2D eigenvalue weighted by molar-refractivity contribution is 0.0601.